The smallest absolute Gasteiger partial charge is 0.125 e. The van der Waals surface area contributed by atoms with E-state index in [0.717, 1.165) is 24.3 Å². The van der Waals surface area contributed by atoms with Crippen molar-refractivity contribution in [2.45, 2.75) is 33.2 Å². The standard InChI is InChI=1S/C12H20N2O/c1-9(2)8-15-12-4-5-14-7-11(12)6-10(3)13/h4-5,7,9-10H,6,8,13H2,1-3H3. The highest BCUT2D eigenvalue weighted by molar-refractivity contribution is 5.30. The number of rotatable bonds is 5. The fourth-order valence-electron chi connectivity index (χ4n) is 1.31. The quantitative estimate of drug-likeness (QED) is 0.805. The van der Waals surface area contributed by atoms with Gasteiger partial charge >= 0.3 is 0 Å². The Labute approximate surface area is 91.7 Å². The summed E-state index contributed by atoms with van der Waals surface area (Å²) in [6.45, 7) is 6.98. The first kappa shape index (κ1) is 12.0. The fourth-order valence-corrected chi connectivity index (χ4v) is 1.31. The molecule has 1 aromatic rings. The maximum absolute atomic E-state index is 5.77. The third kappa shape index (κ3) is 4.30. The molecule has 0 aliphatic carbocycles. The maximum Gasteiger partial charge on any atom is 0.125 e. The van der Waals surface area contributed by atoms with Crippen LogP contribution in [0.5, 0.6) is 5.75 Å². The summed E-state index contributed by atoms with van der Waals surface area (Å²) < 4.78 is 5.70. The molecule has 0 radical (unpaired) electrons. The molecule has 1 rings (SSSR count). The molecule has 1 atom stereocenters. The van der Waals surface area contributed by atoms with Gasteiger partial charge in [-0.2, -0.15) is 0 Å². The second-order valence-electron chi connectivity index (χ2n) is 4.37. The third-order valence-electron chi connectivity index (χ3n) is 1.97. The lowest BCUT2D eigenvalue weighted by atomic mass is 10.1. The molecular weight excluding hydrogens is 188 g/mol. The van der Waals surface area contributed by atoms with Crippen LogP contribution in [0.2, 0.25) is 0 Å². The van der Waals surface area contributed by atoms with Crippen LogP contribution in [0.15, 0.2) is 18.5 Å². The Kier molecular flexibility index (Phi) is 4.56. The Hall–Kier alpha value is -1.09. The van der Waals surface area contributed by atoms with Crippen molar-refractivity contribution in [1.29, 1.82) is 0 Å². The molecule has 0 aliphatic heterocycles. The summed E-state index contributed by atoms with van der Waals surface area (Å²) in [4.78, 5) is 4.09. The molecule has 0 bridgehead atoms. The molecule has 1 aromatic heterocycles. The van der Waals surface area contributed by atoms with Crippen LogP contribution >= 0.6 is 0 Å². The maximum atomic E-state index is 5.77. The first-order valence-corrected chi connectivity index (χ1v) is 5.41. The Morgan fingerprint density at radius 2 is 2.13 bits per heavy atom. The lowest BCUT2D eigenvalue weighted by Crippen LogP contribution is -2.18. The van der Waals surface area contributed by atoms with Crippen molar-refractivity contribution in [2.75, 3.05) is 6.61 Å². The molecule has 0 spiro atoms. The number of hydrogen-bond acceptors (Lipinski definition) is 3. The van der Waals surface area contributed by atoms with Gasteiger partial charge in [0.15, 0.2) is 0 Å². The summed E-state index contributed by atoms with van der Waals surface area (Å²) in [7, 11) is 0. The van der Waals surface area contributed by atoms with E-state index in [2.05, 4.69) is 18.8 Å². The Morgan fingerprint density at radius 1 is 1.40 bits per heavy atom. The van der Waals surface area contributed by atoms with Crippen molar-refractivity contribution >= 4 is 0 Å². The summed E-state index contributed by atoms with van der Waals surface area (Å²) in [5, 5.41) is 0. The van der Waals surface area contributed by atoms with Gasteiger partial charge in [0.2, 0.25) is 0 Å². The van der Waals surface area contributed by atoms with Gasteiger partial charge in [-0.05, 0) is 25.3 Å². The molecule has 0 amide bonds. The normalized spacial score (nSPS) is 12.9. The van der Waals surface area contributed by atoms with E-state index in [9.17, 15) is 0 Å². The number of nitrogens with two attached hydrogens (primary N) is 1. The van der Waals surface area contributed by atoms with E-state index in [-0.39, 0.29) is 6.04 Å². The van der Waals surface area contributed by atoms with Crippen LogP contribution in [-0.2, 0) is 6.42 Å². The second-order valence-corrected chi connectivity index (χ2v) is 4.37. The molecule has 1 unspecified atom stereocenters. The molecule has 0 saturated carbocycles. The molecule has 0 fully saturated rings. The van der Waals surface area contributed by atoms with Crippen LogP contribution in [0.3, 0.4) is 0 Å². The lowest BCUT2D eigenvalue weighted by molar-refractivity contribution is 0.268. The van der Waals surface area contributed by atoms with Crippen molar-refractivity contribution in [1.82, 2.24) is 4.98 Å². The van der Waals surface area contributed by atoms with Crippen LogP contribution < -0.4 is 10.5 Å². The molecule has 0 saturated heterocycles. The highest BCUT2D eigenvalue weighted by Crippen LogP contribution is 2.18. The molecule has 3 nitrogen and oxygen atoms in total. The molecule has 2 N–H and O–H groups in total. The topological polar surface area (TPSA) is 48.1 Å². The first-order chi connectivity index (χ1) is 7.09. The summed E-state index contributed by atoms with van der Waals surface area (Å²) >= 11 is 0. The van der Waals surface area contributed by atoms with E-state index in [1.165, 1.54) is 0 Å². The average Bonchev–Trinajstić information content (AvgIpc) is 2.15. The van der Waals surface area contributed by atoms with Gasteiger partial charge in [-0.25, -0.2) is 0 Å². The van der Waals surface area contributed by atoms with E-state index in [1.807, 2.05) is 19.2 Å². The molecule has 84 valence electrons. The Morgan fingerprint density at radius 3 is 2.73 bits per heavy atom. The predicted molar refractivity (Wildman–Crippen MR) is 61.9 cm³/mol. The monoisotopic (exact) mass is 208 g/mol. The van der Waals surface area contributed by atoms with Gasteiger partial charge in [0.1, 0.15) is 5.75 Å². The zero-order chi connectivity index (χ0) is 11.3. The van der Waals surface area contributed by atoms with Crippen molar-refractivity contribution in [3.63, 3.8) is 0 Å². The molecule has 0 aromatic carbocycles. The summed E-state index contributed by atoms with van der Waals surface area (Å²) in [6, 6.07) is 2.04. The lowest BCUT2D eigenvalue weighted by Gasteiger charge is -2.13. The van der Waals surface area contributed by atoms with E-state index in [1.54, 1.807) is 6.20 Å². The van der Waals surface area contributed by atoms with E-state index in [4.69, 9.17) is 10.5 Å². The van der Waals surface area contributed by atoms with Gasteiger partial charge in [-0.3, -0.25) is 4.98 Å². The number of hydrogen-bond donors (Lipinski definition) is 1. The molecule has 1 heterocycles. The van der Waals surface area contributed by atoms with E-state index < -0.39 is 0 Å². The zero-order valence-electron chi connectivity index (χ0n) is 9.73. The van der Waals surface area contributed by atoms with Crippen LogP contribution in [0, 0.1) is 5.92 Å². The SMILES string of the molecule is CC(C)COc1ccncc1CC(C)N. The minimum Gasteiger partial charge on any atom is -0.493 e. The molecular formula is C12H20N2O. The number of nitrogens with zero attached hydrogens (tertiary/aromatic N) is 1. The summed E-state index contributed by atoms with van der Waals surface area (Å²) in [5.41, 5.74) is 6.86. The number of pyridine rings is 1. The minimum atomic E-state index is 0.135. The zero-order valence-corrected chi connectivity index (χ0v) is 9.73. The average molecular weight is 208 g/mol. The van der Waals surface area contributed by atoms with Crippen LogP contribution in [0.25, 0.3) is 0 Å². The highest BCUT2D eigenvalue weighted by Gasteiger charge is 2.06. The van der Waals surface area contributed by atoms with Gasteiger partial charge in [-0.1, -0.05) is 13.8 Å². The number of ether oxygens (including phenoxy) is 1. The third-order valence-corrected chi connectivity index (χ3v) is 1.97. The molecule has 0 aliphatic rings. The highest BCUT2D eigenvalue weighted by atomic mass is 16.5. The largest absolute Gasteiger partial charge is 0.493 e. The van der Waals surface area contributed by atoms with Gasteiger partial charge < -0.3 is 10.5 Å². The van der Waals surface area contributed by atoms with Gasteiger partial charge in [0.05, 0.1) is 6.61 Å². The van der Waals surface area contributed by atoms with Gasteiger partial charge in [0.25, 0.3) is 0 Å². The van der Waals surface area contributed by atoms with E-state index >= 15 is 0 Å². The van der Waals surface area contributed by atoms with Crippen LogP contribution in [0.4, 0.5) is 0 Å². The summed E-state index contributed by atoms with van der Waals surface area (Å²) in [5.74, 6) is 1.44. The Balaban J connectivity index is 2.68. The van der Waals surface area contributed by atoms with Gasteiger partial charge in [-0.15, -0.1) is 0 Å². The Bertz CT molecular complexity index is 297. The second kappa shape index (κ2) is 5.71. The predicted octanol–water partition coefficient (Wildman–Crippen LogP) is 2.01. The van der Waals surface area contributed by atoms with Crippen molar-refractivity contribution in [3.05, 3.63) is 24.0 Å². The van der Waals surface area contributed by atoms with Gasteiger partial charge in [0, 0.05) is 24.0 Å². The van der Waals surface area contributed by atoms with E-state index in [0.29, 0.717) is 5.92 Å². The molecule has 3 heteroatoms. The van der Waals surface area contributed by atoms with Crippen LogP contribution in [0.1, 0.15) is 26.3 Å². The van der Waals surface area contributed by atoms with Crippen molar-refractivity contribution in [2.24, 2.45) is 11.7 Å². The van der Waals surface area contributed by atoms with Crippen molar-refractivity contribution in [3.8, 4) is 5.75 Å². The van der Waals surface area contributed by atoms with Crippen molar-refractivity contribution < 1.29 is 4.74 Å². The first-order valence-electron chi connectivity index (χ1n) is 5.41. The van der Waals surface area contributed by atoms with Crippen LogP contribution in [-0.4, -0.2) is 17.6 Å². The fraction of sp³-hybridized carbons (Fsp3) is 0.583. The minimum absolute atomic E-state index is 0.135. The molecule has 15 heavy (non-hydrogen) atoms. The summed E-state index contributed by atoms with van der Waals surface area (Å²) in [6.07, 6.45) is 4.39. The number of aromatic nitrogens is 1.